The molecule has 1 amide bonds. The molecular weight excluding hydrogens is 428 g/mol. The highest BCUT2D eigenvalue weighted by Gasteiger charge is 2.42. The fraction of sp³-hybridized carbons (Fsp3) is 0.250. The number of ether oxygens (including phenoxy) is 2. The Morgan fingerprint density at radius 3 is 2.38 bits per heavy atom. The number of hydrogen-bond acceptors (Lipinski definition) is 5. The number of aromatic nitrogens is 1. The van der Waals surface area contributed by atoms with Crippen LogP contribution < -0.4 is 10.1 Å². The van der Waals surface area contributed by atoms with Gasteiger partial charge in [-0.2, -0.15) is 0 Å². The first-order chi connectivity index (χ1) is 15.5. The molecule has 0 saturated carbocycles. The van der Waals surface area contributed by atoms with Gasteiger partial charge >= 0.3 is 0 Å². The van der Waals surface area contributed by atoms with Crippen molar-refractivity contribution in [2.45, 2.75) is 23.2 Å². The number of carbonyl (C=O) groups excluding carboxylic acids is 1. The molecule has 4 rings (SSSR count). The van der Waals surface area contributed by atoms with E-state index in [9.17, 15) is 13.6 Å². The molecule has 166 valence electrons. The molecule has 1 aromatic heterocycles. The summed E-state index contributed by atoms with van der Waals surface area (Å²) in [7, 11) is 1.61. The van der Waals surface area contributed by atoms with Crippen molar-refractivity contribution in [3.63, 3.8) is 0 Å². The predicted molar refractivity (Wildman–Crippen MR) is 122 cm³/mol. The van der Waals surface area contributed by atoms with Crippen LogP contribution in [0.4, 0.5) is 5.82 Å². The second kappa shape index (κ2) is 9.60. The van der Waals surface area contributed by atoms with Gasteiger partial charge in [-0.1, -0.05) is 30.3 Å². The predicted octanol–water partition coefficient (Wildman–Crippen LogP) is 4.02. The number of anilines is 1. The number of benzene rings is 2. The van der Waals surface area contributed by atoms with Crippen molar-refractivity contribution in [3.05, 3.63) is 72.3 Å². The van der Waals surface area contributed by atoms with Crippen LogP contribution in [0.3, 0.4) is 0 Å². The first-order valence-corrected chi connectivity index (χ1v) is 11.3. The lowest BCUT2D eigenvalue weighted by Gasteiger charge is -2.36. The highest BCUT2D eigenvalue weighted by molar-refractivity contribution is 7.79. The number of hydrogen-bond donors (Lipinski definition) is 2. The van der Waals surface area contributed by atoms with E-state index in [4.69, 9.17) is 9.47 Å². The molecule has 0 aliphatic carbocycles. The number of methoxy groups -OCH3 is 1. The van der Waals surface area contributed by atoms with Crippen LogP contribution >= 0.6 is 0 Å². The minimum atomic E-state index is -2.03. The highest BCUT2D eigenvalue weighted by atomic mass is 32.2. The first kappa shape index (κ1) is 22.1. The molecule has 3 aromatic rings. The summed E-state index contributed by atoms with van der Waals surface area (Å²) in [4.78, 5) is 18.4. The van der Waals surface area contributed by atoms with Gasteiger partial charge in [0, 0.05) is 18.8 Å². The topological polar surface area (TPSA) is 97.8 Å². The van der Waals surface area contributed by atoms with Crippen molar-refractivity contribution in [2.75, 3.05) is 25.6 Å². The fourth-order valence-corrected chi connectivity index (χ4v) is 4.29. The molecule has 0 bridgehead atoms. The lowest BCUT2D eigenvalue weighted by atomic mass is 9.73. The summed E-state index contributed by atoms with van der Waals surface area (Å²) in [5, 5.41) is 2.99. The van der Waals surface area contributed by atoms with Crippen molar-refractivity contribution < 1.29 is 23.0 Å². The summed E-state index contributed by atoms with van der Waals surface area (Å²) in [6.45, 7) is 1.01. The molecule has 0 spiro atoms. The molecule has 2 heterocycles. The summed E-state index contributed by atoms with van der Waals surface area (Å²) in [6.07, 6.45) is 1.15. The Balaban J connectivity index is 1.59. The lowest BCUT2D eigenvalue weighted by Crippen LogP contribution is -2.45. The van der Waals surface area contributed by atoms with E-state index in [0.717, 1.165) is 16.9 Å². The molecule has 1 atom stereocenters. The summed E-state index contributed by atoms with van der Waals surface area (Å²) >= 11 is -2.03. The van der Waals surface area contributed by atoms with E-state index in [2.05, 4.69) is 10.3 Å². The third-order valence-corrected chi connectivity index (χ3v) is 6.44. The Morgan fingerprint density at radius 2 is 1.75 bits per heavy atom. The Bertz CT molecular complexity index is 1110. The standard InChI is InChI=1S/C24H24N2O5S/c1-30-19-9-7-18(8-10-19)24(13-15-31-16-14-24)23(27)26-22-4-2-3-21(25-22)17-5-11-20(12-6-17)32(28)29/h2-12H,13-16H2,1H3,(H,28,29)(H,25,26,27). The van der Waals surface area contributed by atoms with E-state index >= 15 is 0 Å². The van der Waals surface area contributed by atoms with Crippen molar-refractivity contribution in [1.29, 1.82) is 0 Å². The SMILES string of the molecule is COc1ccc(C2(C(=O)Nc3cccc(-c4ccc(S(=O)O)cc4)n3)CCOCC2)cc1. The summed E-state index contributed by atoms with van der Waals surface area (Å²) in [5.74, 6) is 1.06. The number of rotatable bonds is 6. The average molecular weight is 453 g/mol. The first-order valence-electron chi connectivity index (χ1n) is 10.2. The van der Waals surface area contributed by atoms with Gasteiger partial charge in [-0.15, -0.1) is 0 Å². The van der Waals surface area contributed by atoms with Crippen LogP contribution in [0.25, 0.3) is 11.3 Å². The minimum absolute atomic E-state index is 0.123. The molecule has 2 N–H and O–H groups in total. The van der Waals surface area contributed by atoms with Crippen LogP contribution in [-0.2, 0) is 26.0 Å². The third kappa shape index (κ3) is 4.57. The lowest BCUT2D eigenvalue weighted by molar-refractivity contribution is -0.125. The molecule has 1 aliphatic heterocycles. The Labute approximate surface area is 189 Å². The second-order valence-corrected chi connectivity index (χ2v) is 8.53. The maximum Gasteiger partial charge on any atom is 0.236 e. The fourth-order valence-electron chi connectivity index (χ4n) is 3.92. The van der Waals surface area contributed by atoms with Gasteiger partial charge in [0.15, 0.2) is 11.1 Å². The van der Waals surface area contributed by atoms with Gasteiger partial charge in [0.05, 0.1) is 23.1 Å². The van der Waals surface area contributed by atoms with Crippen LogP contribution in [0.2, 0.25) is 0 Å². The summed E-state index contributed by atoms with van der Waals surface area (Å²) in [6, 6.07) is 19.6. The average Bonchev–Trinajstić information content (AvgIpc) is 2.84. The van der Waals surface area contributed by atoms with Crippen molar-refractivity contribution in [1.82, 2.24) is 4.98 Å². The van der Waals surface area contributed by atoms with Gasteiger partial charge in [-0.25, -0.2) is 9.19 Å². The monoisotopic (exact) mass is 452 g/mol. The molecule has 8 heteroatoms. The molecule has 32 heavy (non-hydrogen) atoms. The van der Waals surface area contributed by atoms with Crippen LogP contribution in [0.1, 0.15) is 18.4 Å². The Hall–Kier alpha value is -3.07. The Morgan fingerprint density at radius 1 is 1.06 bits per heavy atom. The zero-order valence-corrected chi connectivity index (χ0v) is 18.4. The normalized spacial score (nSPS) is 16.2. The molecule has 0 radical (unpaired) electrons. The zero-order chi connectivity index (χ0) is 22.6. The van der Waals surface area contributed by atoms with Crippen LogP contribution in [0.15, 0.2) is 71.6 Å². The van der Waals surface area contributed by atoms with E-state index in [1.54, 1.807) is 37.4 Å². The number of pyridine rings is 1. The van der Waals surface area contributed by atoms with Gasteiger partial charge in [-0.05, 0) is 54.8 Å². The third-order valence-electron chi connectivity index (χ3n) is 5.77. The van der Waals surface area contributed by atoms with Crippen LogP contribution in [0.5, 0.6) is 5.75 Å². The molecule has 1 aliphatic rings. The van der Waals surface area contributed by atoms with Crippen LogP contribution in [-0.4, -0.2) is 40.0 Å². The largest absolute Gasteiger partial charge is 0.497 e. The van der Waals surface area contributed by atoms with Gasteiger partial charge in [-0.3, -0.25) is 4.79 Å². The summed E-state index contributed by atoms with van der Waals surface area (Å²) < 4.78 is 31.2. The van der Waals surface area contributed by atoms with Gasteiger partial charge in [0.1, 0.15) is 11.6 Å². The maximum atomic E-state index is 13.5. The molecule has 2 aromatic carbocycles. The summed E-state index contributed by atoms with van der Waals surface area (Å²) in [5.41, 5.74) is 1.65. The van der Waals surface area contributed by atoms with E-state index in [-0.39, 0.29) is 5.91 Å². The number of carbonyl (C=O) groups is 1. The number of nitrogens with zero attached hydrogens (tertiary/aromatic N) is 1. The molecule has 1 unspecified atom stereocenters. The van der Waals surface area contributed by atoms with Crippen LogP contribution in [0, 0.1) is 0 Å². The van der Waals surface area contributed by atoms with Gasteiger partial charge < -0.3 is 19.3 Å². The minimum Gasteiger partial charge on any atom is -0.497 e. The number of amides is 1. The second-order valence-electron chi connectivity index (χ2n) is 7.56. The van der Waals surface area contributed by atoms with E-state index in [1.807, 2.05) is 36.4 Å². The molecule has 1 fully saturated rings. The smallest absolute Gasteiger partial charge is 0.236 e. The molecular formula is C24H24N2O5S. The Kier molecular flexibility index (Phi) is 6.64. The number of nitrogens with one attached hydrogen (secondary N) is 1. The van der Waals surface area contributed by atoms with Crippen molar-refractivity contribution >= 4 is 22.8 Å². The van der Waals surface area contributed by atoms with Gasteiger partial charge in [0.2, 0.25) is 5.91 Å². The molecule has 1 saturated heterocycles. The highest BCUT2D eigenvalue weighted by Crippen LogP contribution is 2.37. The zero-order valence-electron chi connectivity index (χ0n) is 17.6. The van der Waals surface area contributed by atoms with Gasteiger partial charge in [0.25, 0.3) is 0 Å². The molecule has 7 nitrogen and oxygen atoms in total. The van der Waals surface area contributed by atoms with E-state index < -0.39 is 16.5 Å². The quantitative estimate of drug-likeness (QED) is 0.548. The van der Waals surface area contributed by atoms with Crippen molar-refractivity contribution in [2.24, 2.45) is 0 Å². The van der Waals surface area contributed by atoms with E-state index in [0.29, 0.717) is 42.5 Å². The maximum absolute atomic E-state index is 13.5. The van der Waals surface area contributed by atoms with E-state index in [1.165, 1.54) is 0 Å². The van der Waals surface area contributed by atoms with Crippen molar-refractivity contribution in [3.8, 4) is 17.0 Å².